The van der Waals surface area contributed by atoms with Crippen LogP contribution in [-0.2, 0) is 4.79 Å². The van der Waals surface area contributed by atoms with Gasteiger partial charge in [0.25, 0.3) is 0 Å². The molecule has 1 N–H and O–H groups in total. The molecule has 0 saturated heterocycles. The van der Waals surface area contributed by atoms with Crippen molar-refractivity contribution in [1.29, 1.82) is 0 Å². The summed E-state index contributed by atoms with van der Waals surface area (Å²) in [5.41, 5.74) is 2.77. The molecule has 104 valence electrons. The van der Waals surface area contributed by atoms with Crippen LogP contribution in [0.3, 0.4) is 0 Å². The summed E-state index contributed by atoms with van der Waals surface area (Å²) in [6, 6.07) is 7.83. The Morgan fingerprint density at radius 1 is 1.45 bits per heavy atom. The van der Waals surface area contributed by atoms with E-state index in [0.717, 1.165) is 29.8 Å². The lowest BCUT2D eigenvalue weighted by atomic mass is 9.90. The van der Waals surface area contributed by atoms with Gasteiger partial charge in [-0.1, -0.05) is 18.2 Å². The second kappa shape index (κ2) is 5.07. The van der Waals surface area contributed by atoms with Crippen LogP contribution in [-0.4, -0.2) is 26.1 Å². The Morgan fingerprint density at radius 3 is 2.80 bits per heavy atom. The standard InChI is InChI=1S/C15H17N3O2/c1-10-9-16-18(17-10)14-5-3-2-4-12(14)13(8-15(19)20)11-6-7-11/h2-5,9,11,13H,6-8H2,1H3,(H,19,20). The molecular weight excluding hydrogens is 254 g/mol. The van der Waals surface area contributed by atoms with Crippen LogP contribution in [0.2, 0.25) is 0 Å². The molecule has 0 radical (unpaired) electrons. The van der Waals surface area contributed by atoms with Gasteiger partial charge >= 0.3 is 5.97 Å². The van der Waals surface area contributed by atoms with Crippen molar-refractivity contribution in [3.63, 3.8) is 0 Å². The van der Waals surface area contributed by atoms with Gasteiger partial charge in [-0.15, -0.1) is 0 Å². The summed E-state index contributed by atoms with van der Waals surface area (Å²) in [5.74, 6) is -0.222. The average Bonchev–Trinajstić information content (AvgIpc) is 3.18. The minimum atomic E-state index is -0.749. The number of aryl methyl sites for hydroxylation is 1. The molecule has 1 unspecified atom stereocenters. The summed E-state index contributed by atoms with van der Waals surface area (Å²) in [6.45, 7) is 1.89. The van der Waals surface area contributed by atoms with Gasteiger partial charge in [-0.05, 0) is 43.2 Å². The van der Waals surface area contributed by atoms with Crippen molar-refractivity contribution in [2.45, 2.75) is 32.1 Å². The van der Waals surface area contributed by atoms with Gasteiger partial charge in [0.15, 0.2) is 0 Å². The van der Waals surface area contributed by atoms with Gasteiger partial charge < -0.3 is 5.11 Å². The Balaban J connectivity index is 2.01. The number of aliphatic carboxylic acids is 1. The van der Waals surface area contributed by atoms with Gasteiger partial charge in [0.1, 0.15) is 0 Å². The molecule has 1 aliphatic rings. The Kier molecular flexibility index (Phi) is 3.26. The van der Waals surface area contributed by atoms with Crippen LogP contribution < -0.4 is 0 Å². The predicted octanol–water partition coefficient (Wildman–Crippen LogP) is 2.54. The van der Waals surface area contributed by atoms with E-state index in [1.165, 1.54) is 0 Å². The summed E-state index contributed by atoms with van der Waals surface area (Å²) in [5, 5.41) is 17.7. The number of carboxylic acid groups (broad SMARTS) is 1. The van der Waals surface area contributed by atoms with E-state index in [4.69, 9.17) is 5.11 Å². The number of rotatable bonds is 5. The molecule has 2 aromatic rings. The van der Waals surface area contributed by atoms with E-state index >= 15 is 0 Å². The number of benzene rings is 1. The van der Waals surface area contributed by atoms with E-state index < -0.39 is 5.97 Å². The van der Waals surface area contributed by atoms with Gasteiger partial charge in [0.2, 0.25) is 0 Å². The maximum Gasteiger partial charge on any atom is 0.303 e. The van der Waals surface area contributed by atoms with Crippen molar-refractivity contribution in [2.75, 3.05) is 0 Å². The smallest absolute Gasteiger partial charge is 0.303 e. The van der Waals surface area contributed by atoms with Crippen molar-refractivity contribution in [1.82, 2.24) is 15.0 Å². The monoisotopic (exact) mass is 271 g/mol. The van der Waals surface area contributed by atoms with Gasteiger partial charge in [0.05, 0.1) is 24.0 Å². The number of carbonyl (C=O) groups is 1. The highest BCUT2D eigenvalue weighted by atomic mass is 16.4. The molecule has 0 aliphatic heterocycles. The van der Waals surface area contributed by atoms with E-state index in [1.807, 2.05) is 31.2 Å². The third-order valence-electron chi connectivity index (χ3n) is 3.74. The normalized spacial score (nSPS) is 16.1. The maximum absolute atomic E-state index is 11.1. The molecule has 1 aromatic heterocycles. The largest absolute Gasteiger partial charge is 0.481 e. The van der Waals surface area contributed by atoms with E-state index in [0.29, 0.717) is 5.92 Å². The molecule has 0 bridgehead atoms. The summed E-state index contributed by atoms with van der Waals surface area (Å²) in [4.78, 5) is 12.7. The minimum absolute atomic E-state index is 0.0509. The SMILES string of the molecule is Cc1cnn(-c2ccccc2C(CC(=O)O)C2CC2)n1. The number of aromatic nitrogens is 3. The molecule has 5 nitrogen and oxygen atoms in total. The van der Waals surface area contributed by atoms with Crippen LogP contribution in [0.4, 0.5) is 0 Å². The van der Waals surface area contributed by atoms with Crippen LogP contribution >= 0.6 is 0 Å². The van der Waals surface area contributed by atoms with E-state index in [-0.39, 0.29) is 12.3 Å². The highest BCUT2D eigenvalue weighted by Crippen LogP contribution is 2.45. The molecule has 0 spiro atoms. The Labute approximate surface area is 117 Å². The summed E-state index contributed by atoms with van der Waals surface area (Å²) in [6.07, 6.45) is 4.09. The Morgan fingerprint density at radius 2 is 2.20 bits per heavy atom. The number of nitrogens with zero attached hydrogens (tertiary/aromatic N) is 3. The predicted molar refractivity (Wildman–Crippen MR) is 73.8 cm³/mol. The lowest BCUT2D eigenvalue weighted by Crippen LogP contribution is -2.12. The van der Waals surface area contributed by atoms with Crippen molar-refractivity contribution in [3.8, 4) is 5.69 Å². The molecule has 1 aromatic carbocycles. The molecule has 1 heterocycles. The molecule has 1 aliphatic carbocycles. The van der Waals surface area contributed by atoms with Gasteiger partial charge in [-0.3, -0.25) is 4.79 Å². The van der Waals surface area contributed by atoms with Crippen LogP contribution in [0, 0.1) is 12.8 Å². The molecule has 1 fully saturated rings. The fourth-order valence-electron chi connectivity index (χ4n) is 2.66. The van der Waals surface area contributed by atoms with E-state index in [2.05, 4.69) is 10.2 Å². The molecule has 0 amide bonds. The average molecular weight is 271 g/mol. The summed E-state index contributed by atoms with van der Waals surface area (Å²) in [7, 11) is 0. The molecule has 1 atom stereocenters. The Hall–Kier alpha value is -2.17. The summed E-state index contributed by atoms with van der Waals surface area (Å²) < 4.78 is 0. The third-order valence-corrected chi connectivity index (χ3v) is 3.74. The highest BCUT2D eigenvalue weighted by Gasteiger charge is 2.35. The molecule has 5 heteroatoms. The molecule has 1 saturated carbocycles. The highest BCUT2D eigenvalue weighted by molar-refractivity contribution is 5.68. The van der Waals surface area contributed by atoms with Crippen LogP contribution in [0.15, 0.2) is 30.5 Å². The molecular formula is C15H17N3O2. The maximum atomic E-state index is 11.1. The zero-order chi connectivity index (χ0) is 14.1. The third kappa shape index (κ3) is 2.57. The van der Waals surface area contributed by atoms with Crippen molar-refractivity contribution < 1.29 is 9.90 Å². The zero-order valence-electron chi connectivity index (χ0n) is 11.4. The second-order valence-corrected chi connectivity index (χ2v) is 5.38. The first-order valence-corrected chi connectivity index (χ1v) is 6.85. The second-order valence-electron chi connectivity index (χ2n) is 5.38. The van der Waals surface area contributed by atoms with Crippen LogP contribution in [0.5, 0.6) is 0 Å². The van der Waals surface area contributed by atoms with Crippen LogP contribution in [0.25, 0.3) is 5.69 Å². The summed E-state index contributed by atoms with van der Waals surface area (Å²) >= 11 is 0. The number of para-hydroxylation sites is 1. The minimum Gasteiger partial charge on any atom is -0.481 e. The number of carboxylic acids is 1. The van der Waals surface area contributed by atoms with Gasteiger partial charge in [-0.2, -0.15) is 15.0 Å². The van der Waals surface area contributed by atoms with Gasteiger partial charge in [-0.25, -0.2) is 0 Å². The van der Waals surface area contributed by atoms with Crippen molar-refractivity contribution in [2.24, 2.45) is 5.92 Å². The lowest BCUT2D eigenvalue weighted by molar-refractivity contribution is -0.137. The number of hydrogen-bond donors (Lipinski definition) is 1. The number of hydrogen-bond acceptors (Lipinski definition) is 3. The van der Waals surface area contributed by atoms with Gasteiger partial charge in [0, 0.05) is 0 Å². The molecule has 20 heavy (non-hydrogen) atoms. The fourth-order valence-corrected chi connectivity index (χ4v) is 2.66. The fraction of sp³-hybridized carbons (Fsp3) is 0.400. The zero-order valence-corrected chi connectivity index (χ0v) is 11.4. The van der Waals surface area contributed by atoms with Crippen molar-refractivity contribution in [3.05, 3.63) is 41.7 Å². The quantitative estimate of drug-likeness (QED) is 0.907. The topological polar surface area (TPSA) is 68.0 Å². The van der Waals surface area contributed by atoms with Crippen LogP contribution in [0.1, 0.15) is 36.4 Å². The molecule has 3 rings (SSSR count). The van der Waals surface area contributed by atoms with E-state index in [9.17, 15) is 4.79 Å². The lowest BCUT2D eigenvalue weighted by Gasteiger charge is -2.17. The Bertz CT molecular complexity index is 632. The first kappa shape index (κ1) is 12.8. The van der Waals surface area contributed by atoms with Crippen molar-refractivity contribution >= 4 is 5.97 Å². The first-order valence-electron chi connectivity index (χ1n) is 6.85. The van der Waals surface area contributed by atoms with E-state index in [1.54, 1.807) is 11.0 Å². The first-order chi connectivity index (χ1) is 9.65.